The molecule has 1 aliphatic heterocycles. The Labute approximate surface area is 128 Å². The largest absolute Gasteiger partial charge is 0.481 e. The molecule has 8 nitrogen and oxygen atoms in total. The van der Waals surface area contributed by atoms with Crippen LogP contribution in [-0.4, -0.2) is 58.3 Å². The van der Waals surface area contributed by atoms with Gasteiger partial charge in [0.05, 0.1) is 25.1 Å². The highest BCUT2D eigenvalue weighted by molar-refractivity contribution is 5.44. The van der Waals surface area contributed by atoms with Gasteiger partial charge in [0.2, 0.25) is 11.8 Å². The molecule has 0 aromatic carbocycles. The van der Waals surface area contributed by atoms with E-state index >= 15 is 0 Å². The van der Waals surface area contributed by atoms with Gasteiger partial charge in [0, 0.05) is 26.3 Å². The first-order chi connectivity index (χ1) is 10.7. The van der Waals surface area contributed by atoms with Crippen LogP contribution in [0.1, 0.15) is 12.2 Å². The predicted octanol–water partition coefficient (Wildman–Crippen LogP) is 0.388. The summed E-state index contributed by atoms with van der Waals surface area (Å²) in [5.74, 6) is 1.92. The Kier molecular flexibility index (Phi) is 4.21. The fourth-order valence-electron chi connectivity index (χ4n) is 2.55. The van der Waals surface area contributed by atoms with Crippen molar-refractivity contribution < 1.29 is 14.6 Å². The molecule has 0 amide bonds. The lowest BCUT2D eigenvalue weighted by atomic mass is 10.3. The maximum atomic E-state index is 9.75. The van der Waals surface area contributed by atoms with Crippen molar-refractivity contribution in [3.8, 4) is 11.6 Å². The van der Waals surface area contributed by atoms with E-state index in [1.54, 1.807) is 26.5 Å². The van der Waals surface area contributed by atoms with Crippen LogP contribution in [0.3, 0.4) is 0 Å². The molecule has 22 heavy (non-hydrogen) atoms. The number of aliphatic hydroxyl groups is 1. The summed E-state index contributed by atoms with van der Waals surface area (Å²) in [5.41, 5.74) is 0.828. The van der Waals surface area contributed by atoms with Crippen LogP contribution in [0, 0.1) is 0 Å². The topological polar surface area (TPSA) is 85.5 Å². The second kappa shape index (κ2) is 6.29. The number of nitrogens with zero attached hydrogens (tertiary/aromatic N) is 5. The van der Waals surface area contributed by atoms with E-state index in [4.69, 9.17) is 9.47 Å². The number of aromatic nitrogens is 4. The summed E-state index contributed by atoms with van der Waals surface area (Å²) < 4.78 is 12.2. The lowest BCUT2D eigenvalue weighted by molar-refractivity contribution is 0.176. The molecule has 1 saturated heterocycles. The van der Waals surface area contributed by atoms with Crippen molar-refractivity contribution in [2.75, 3.05) is 32.2 Å². The molecule has 0 radical (unpaired) electrons. The van der Waals surface area contributed by atoms with Crippen molar-refractivity contribution in [2.24, 2.45) is 0 Å². The van der Waals surface area contributed by atoms with E-state index in [9.17, 15) is 5.11 Å². The molecule has 1 aliphatic rings. The van der Waals surface area contributed by atoms with Gasteiger partial charge in [-0.3, -0.25) is 4.57 Å². The molecule has 8 heteroatoms. The third-order valence-electron chi connectivity index (χ3n) is 3.62. The Morgan fingerprint density at radius 2 is 2.18 bits per heavy atom. The Balaban J connectivity index is 2.00. The number of hydrogen-bond acceptors (Lipinski definition) is 7. The Hall–Kier alpha value is -2.19. The smallest absolute Gasteiger partial charge is 0.232 e. The van der Waals surface area contributed by atoms with Gasteiger partial charge in [-0.2, -0.15) is 0 Å². The summed E-state index contributed by atoms with van der Waals surface area (Å²) in [4.78, 5) is 6.24. The monoisotopic (exact) mass is 305 g/mol. The van der Waals surface area contributed by atoms with Crippen molar-refractivity contribution in [3.05, 3.63) is 24.2 Å². The van der Waals surface area contributed by atoms with Crippen LogP contribution in [0.25, 0.3) is 5.69 Å². The minimum atomic E-state index is -0.329. The summed E-state index contributed by atoms with van der Waals surface area (Å²) in [6, 6.07) is 3.68. The number of rotatable bonds is 5. The molecule has 0 saturated carbocycles. The summed E-state index contributed by atoms with van der Waals surface area (Å²) in [6.07, 6.45) is 2.11. The maximum Gasteiger partial charge on any atom is 0.232 e. The minimum Gasteiger partial charge on any atom is -0.481 e. The van der Waals surface area contributed by atoms with Gasteiger partial charge in [0.25, 0.3) is 0 Å². The number of β-amino-alcohol motifs (C(OH)–C–C–N with tert-alkyl or cyclic N) is 1. The normalized spacial score (nSPS) is 18.0. The van der Waals surface area contributed by atoms with Gasteiger partial charge in [-0.1, -0.05) is 0 Å². The predicted molar refractivity (Wildman–Crippen MR) is 79.3 cm³/mol. The van der Waals surface area contributed by atoms with Gasteiger partial charge < -0.3 is 19.5 Å². The second-order valence-corrected chi connectivity index (χ2v) is 5.13. The minimum absolute atomic E-state index is 0.329. The molecule has 0 spiro atoms. The van der Waals surface area contributed by atoms with E-state index in [-0.39, 0.29) is 6.10 Å². The molecule has 118 valence electrons. The van der Waals surface area contributed by atoms with Gasteiger partial charge in [0.15, 0.2) is 5.82 Å². The SMILES string of the molecule is COCc1nnc(N2CCC(O)C2)n1-c1ccc(OC)nc1. The van der Waals surface area contributed by atoms with Gasteiger partial charge in [-0.25, -0.2) is 4.98 Å². The number of methoxy groups -OCH3 is 2. The van der Waals surface area contributed by atoms with Gasteiger partial charge in [-0.05, 0) is 12.5 Å². The van der Waals surface area contributed by atoms with Gasteiger partial charge in [-0.15, -0.1) is 10.2 Å². The molecular weight excluding hydrogens is 286 g/mol. The quantitative estimate of drug-likeness (QED) is 0.855. The van der Waals surface area contributed by atoms with Crippen molar-refractivity contribution >= 4 is 5.95 Å². The van der Waals surface area contributed by atoms with Crippen LogP contribution in [0.4, 0.5) is 5.95 Å². The third-order valence-corrected chi connectivity index (χ3v) is 3.62. The molecule has 3 heterocycles. The average Bonchev–Trinajstić information content (AvgIpc) is 3.14. The van der Waals surface area contributed by atoms with Crippen LogP contribution >= 0.6 is 0 Å². The molecule has 3 rings (SSSR count). The standard InChI is InChI=1S/C14H19N5O3/c1-21-9-12-16-17-14(18-6-5-11(20)8-18)19(12)10-3-4-13(22-2)15-7-10/h3-4,7,11,20H,5-6,8-9H2,1-2H3. The van der Waals surface area contributed by atoms with Crippen molar-refractivity contribution in [1.29, 1.82) is 0 Å². The lowest BCUT2D eigenvalue weighted by Gasteiger charge is -2.18. The number of hydrogen-bond donors (Lipinski definition) is 1. The number of anilines is 1. The van der Waals surface area contributed by atoms with E-state index in [1.807, 2.05) is 15.5 Å². The lowest BCUT2D eigenvalue weighted by Crippen LogP contribution is -2.25. The van der Waals surface area contributed by atoms with E-state index in [0.29, 0.717) is 30.8 Å². The molecule has 1 N–H and O–H groups in total. The molecule has 2 aromatic rings. The van der Waals surface area contributed by atoms with Crippen LogP contribution in [0.15, 0.2) is 18.3 Å². The molecule has 1 unspecified atom stereocenters. The number of pyridine rings is 1. The summed E-state index contributed by atoms with van der Waals surface area (Å²) in [6.45, 7) is 1.64. The molecule has 0 bridgehead atoms. The first-order valence-corrected chi connectivity index (χ1v) is 7.09. The van der Waals surface area contributed by atoms with Crippen molar-refractivity contribution in [1.82, 2.24) is 19.7 Å². The van der Waals surface area contributed by atoms with Crippen LogP contribution in [0.5, 0.6) is 5.88 Å². The van der Waals surface area contributed by atoms with Gasteiger partial charge >= 0.3 is 0 Å². The number of aliphatic hydroxyl groups excluding tert-OH is 1. The molecule has 0 aliphatic carbocycles. The second-order valence-electron chi connectivity index (χ2n) is 5.13. The van der Waals surface area contributed by atoms with Gasteiger partial charge in [0.1, 0.15) is 6.61 Å². The fraction of sp³-hybridized carbons (Fsp3) is 0.500. The summed E-state index contributed by atoms with van der Waals surface area (Å²) >= 11 is 0. The highest BCUT2D eigenvalue weighted by atomic mass is 16.5. The first-order valence-electron chi connectivity index (χ1n) is 7.09. The Morgan fingerprint density at radius 1 is 1.32 bits per heavy atom. The van der Waals surface area contributed by atoms with Crippen LogP contribution in [-0.2, 0) is 11.3 Å². The summed E-state index contributed by atoms with van der Waals surface area (Å²) in [5, 5.41) is 18.2. The van der Waals surface area contributed by atoms with Crippen molar-refractivity contribution in [2.45, 2.75) is 19.1 Å². The zero-order valence-electron chi connectivity index (χ0n) is 12.6. The first kappa shape index (κ1) is 14.7. The molecule has 2 aromatic heterocycles. The van der Waals surface area contributed by atoms with E-state index < -0.39 is 0 Å². The van der Waals surface area contributed by atoms with E-state index in [0.717, 1.165) is 18.7 Å². The fourth-order valence-corrected chi connectivity index (χ4v) is 2.55. The highest BCUT2D eigenvalue weighted by Gasteiger charge is 2.26. The molecule has 1 atom stereocenters. The summed E-state index contributed by atoms with van der Waals surface area (Å²) in [7, 11) is 3.19. The Bertz CT molecular complexity index is 628. The number of ether oxygens (including phenoxy) is 2. The van der Waals surface area contributed by atoms with Crippen LogP contribution in [0.2, 0.25) is 0 Å². The average molecular weight is 305 g/mol. The molecule has 1 fully saturated rings. The zero-order valence-corrected chi connectivity index (χ0v) is 12.6. The highest BCUT2D eigenvalue weighted by Crippen LogP contribution is 2.24. The Morgan fingerprint density at radius 3 is 2.77 bits per heavy atom. The third kappa shape index (κ3) is 2.75. The van der Waals surface area contributed by atoms with Crippen molar-refractivity contribution in [3.63, 3.8) is 0 Å². The molecular formula is C14H19N5O3. The maximum absolute atomic E-state index is 9.75. The van der Waals surface area contributed by atoms with E-state index in [2.05, 4.69) is 15.2 Å². The van der Waals surface area contributed by atoms with E-state index in [1.165, 1.54) is 0 Å². The van der Waals surface area contributed by atoms with Crippen LogP contribution < -0.4 is 9.64 Å². The zero-order chi connectivity index (χ0) is 15.5.